The lowest BCUT2D eigenvalue weighted by Crippen LogP contribution is -2.65. The first kappa shape index (κ1) is 23.7. The Morgan fingerprint density at radius 3 is 1.79 bits per heavy atom. The zero-order chi connectivity index (χ0) is 23.3. The fraction of sp³-hybridized carbons (Fsp3) is 0.355. The van der Waals surface area contributed by atoms with Crippen LogP contribution in [0.2, 0.25) is 11.1 Å². The van der Waals surface area contributed by atoms with Gasteiger partial charge >= 0.3 is 0 Å². The van der Waals surface area contributed by atoms with E-state index >= 15 is 0 Å². The predicted molar refractivity (Wildman–Crippen MR) is 145 cm³/mol. The highest BCUT2D eigenvalue weighted by Crippen LogP contribution is 2.42. The summed E-state index contributed by atoms with van der Waals surface area (Å²) in [6.45, 7) is 9.59. The summed E-state index contributed by atoms with van der Waals surface area (Å²) >= 11 is 0. The molecular weight excluding hydrogens is 416 g/mol. The van der Waals surface area contributed by atoms with Crippen LogP contribution in [0.15, 0.2) is 97.1 Å². The molecule has 33 heavy (non-hydrogen) atoms. The average Bonchev–Trinajstić information content (AvgIpc) is 2.83. The summed E-state index contributed by atoms with van der Waals surface area (Å²) in [5.74, 6) is 0. The summed E-state index contributed by atoms with van der Waals surface area (Å²) in [5, 5.41) is 3.17. The van der Waals surface area contributed by atoms with E-state index in [1.807, 2.05) is 0 Å². The topological polar surface area (TPSA) is 9.23 Å². The molecule has 2 heteroatoms. The van der Waals surface area contributed by atoms with Gasteiger partial charge in [-0.15, -0.1) is 0 Å². The Labute approximate surface area is 201 Å². The monoisotopic (exact) mass is 454 g/mol. The molecule has 1 aliphatic rings. The van der Waals surface area contributed by atoms with Gasteiger partial charge in [0.05, 0.1) is 12.2 Å². The van der Waals surface area contributed by atoms with E-state index in [4.69, 9.17) is 4.74 Å². The van der Waals surface area contributed by atoms with E-state index in [2.05, 4.69) is 125 Å². The van der Waals surface area contributed by atoms with E-state index in [0.29, 0.717) is 0 Å². The van der Waals surface area contributed by atoms with Gasteiger partial charge in [0.15, 0.2) is 0 Å². The summed E-state index contributed by atoms with van der Waals surface area (Å²) in [6, 6.07) is 34.6. The number of benzene rings is 3. The second-order valence-corrected chi connectivity index (χ2v) is 15.3. The molecule has 3 aromatic rings. The Hall–Kier alpha value is -2.42. The average molecular weight is 455 g/mol. The van der Waals surface area contributed by atoms with E-state index in [1.165, 1.54) is 21.5 Å². The number of ether oxygens (including phenoxy) is 1. The lowest BCUT2D eigenvalue weighted by Gasteiger charge is -2.47. The van der Waals surface area contributed by atoms with Gasteiger partial charge in [0.25, 0.3) is 0 Å². The van der Waals surface area contributed by atoms with Crippen molar-refractivity contribution in [2.45, 2.75) is 70.2 Å². The van der Waals surface area contributed by atoms with Crippen LogP contribution in [0.4, 0.5) is 0 Å². The first-order valence-electron chi connectivity index (χ1n) is 12.5. The van der Waals surface area contributed by atoms with Crippen LogP contribution in [0, 0.1) is 0 Å². The molecule has 0 aromatic heterocycles. The highest BCUT2D eigenvalue weighted by molar-refractivity contribution is 7.04. The van der Waals surface area contributed by atoms with E-state index in [1.54, 1.807) is 0 Å². The van der Waals surface area contributed by atoms with Crippen molar-refractivity contribution in [3.8, 4) is 0 Å². The van der Waals surface area contributed by atoms with Crippen LogP contribution >= 0.6 is 0 Å². The van der Waals surface area contributed by atoms with Crippen LogP contribution in [0.3, 0.4) is 0 Å². The van der Waals surface area contributed by atoms with Crippen molar-refractivity contribution in [2.75, 3.05) is 0 Å². The van der Waals surface area contributed by atoms with Gasteiger partial charge in [0.1, 0.15) is 8.07 Å². The molecule has 0 radical (unpaired) electrons. The van der Waals surface area contributed by atoms with Crippen LogP contribution in [0.1, 0.15) is 52.5 Å². The number of rotatable bonds is 7. The van der Waals surface area contributed by atoms with Gasteiger partial charge < -0.3 is 4.74 Å². The van der Waals surface area contributed by atoms with Gasteiger partial charge in [0.2, 0.25) is 0 Å². The summed E-state index contributed by atoms with van der Waals surface area (Å²) < 4.78 is 6.83. The second-order valence-electron chi connectivity index (χ2n) is 10.4. The fourth-order valence-electron chi connectivity index (χ4n) is 5.66. The zero-order valence-electron chi connectivity index (χ0n) is 20.6. The van der Waals surface area contributed by atoms with Crippen molar-refractivity contribution in [3.05, 3.63) is 103 Å². The molecule has 4 rings (SSSR count). The van der Waals surface area contributed by atoms with Crippen LogP contribution in [-0.4, -0.2) is 20.3 Å². The molecule has 0 aliphatic carbocycles. The Morgan fingerprint density at radius 1 is 0.788 bits per heavy atom. The molecule has 0 saturated carbocycles. The van der Waals surface area contributed by atoms with Crippen molar-refractivity contribution < 1.29 is 4.74 Å². The Bertz CT molecular complexity index is 995. The minimum Gasteiger partial charge on any atom is -0.371 e. The van der Waals surface area contributed by atoms with E-state index in [-0.39, 0.29) is 17.2 Å². The largest absolute Gasteiger partial charge is 0.371 e. The Kier molecular flexibility index (Phi) is 7.36. The maximum atomic E-state index is 6.83. The van der Waals surface area contributed by atoms with Crippen molar-refractivity contribution in [1.29, 1.82) is 0 Å². The third kappa shape index (κ3) is 5.07. The molecule has 0 saturated heterocycles. The first-order valence-corrected chi connectivity index (χ1v) is 14.7. The molecule has 0 N–H and O–H groups in total. The maximum Gasteiger partial charge on any atom is 0.125 e. The third-order valence-corrected chi connectivity index (χ3v) is 13.5. The summed E-state index contributed by atoms with van der Waals surface area (Å²) in [6.07, 6.45) is 5.99. The molecule has 0 fully saturated rings. The molecule has 172 valence electrons. The number of hydrogen-bond acceptors (Lipinski definition) is 1. The van der Waals surface area contributed by atoms with Crippen LogP contribution in [0.5, 0.6) is 0 Å². The number of hydrogen-bond donors (Lipinski definition) is 0. The Balaban J connectivity index is 1.78. The maximum absolute atomic E-state index is 6.83. The molecule has 1 nitrogen and oxygen atoms in total. The molecular formula is C31H38OSi. The molecule has 0 bridgehead atoms. The fourth-order valence-corrected chi connectivity index (χ4v) is 11.3. The van der Waals surface area contributed by atoms with Gasteiger partial charge in [-0.1, -0.05) is 142 Å². The molecule has 0 amide bonds. The highest BCUT2D eigenvalue weighted by atomic mass is 28.3. The third-order valence-electron chi connectivity index (χ3n) is 7.27. The van der Waals surface area contributed by atoms with E-state index in [9.17, 15) is 0 Å². The summed E-state index contributed by atoms with van der Waals surface area (Å²) in [5.41, 5.74) is 2.79. The summed E-state index contributed by atoms with van der Waals surface area (Å²) in [7, 11) is -2.17. The molecule has 0 spiro atoms. The molecule has 3 aromatic carbocycles. The van der Waals surface area contributed by atoms with Gasteiger partial charge in [-0.05, 0) is 35.1 Å². The smallest absolute Gasteiger partial charge is 0.125 e. The zero-order valence-corrected chi connectivity index (χ0v) is 21.6. The highest BCUT2D eigenvalue weighted by Gasteiger charge is 2.49. The first-order chi connectivity index (χ1) is 15.9. The predicted octanol–water partition coefficient (Wildman–Crippen LogP) is 7.09. The van der Waals surface area contributed by atoms with E-state index < -0.39 is 8.07 Å². The van der Waals surface area contributed by atoms with Crippen molar-refractivity contribution in [3.63, 3.8) is 0 Å². The molecule has 0 unspecified atom stereocenters. The van der Waals surface area contributed by atoms with Crippen LogP contribution < -0.4 is 10.4 Å². The quantitative estimate of drug-likeness (QED) is 0.346. The second kappa shape index (κ2) is 10.2. The van der Waals surface area contributed by atoms with Gasteiger partial charge in [-0.25, -0.2) is 0 Å². The van der Waals surface area contributed by atoms with Crippen LogP contribution in [-0.2, 0) is 4.74 Å². The lowest BCUT2D eigenvalue weighted by atomic mass is 9.95. The SMILES string of the molecule is CCC[C@H]1C=C(c2ccccc2)C[C@@H](C[Si](c2ccccc2)(c2ccccc2)C(C)(C)C)O1. The van der Waals surface area contributed by atoms with Gasteiger partial charge in [-0.3, -0.25) is 0 Å². The standard InChI is InChI=1S/C31H38OSi/c1-5-15-27-22-26(25-16-9-6-10-17-25)23-28(32-27)24-33(31(2,3)4,29-18-11-7-12-19-29)30-20-13-8-14-21-30/h6-14,16-22,27-28H,5,15,23-24H2,1-4H3/t27-,28-/m0/s1. The molecule has 1 aliphatic heterocycles. The normalized spacial score (nSPS) is 19.2. The molecule has 2 atom stereocenters. The lowest BCUT2D eigenvalue weighted by molar-refractivity contribution is 0.0150. The van der Waals surface area contributed by atoms with E-state index in [0.717, 1.165) is 25.3 Å². The van der Waals surface area contributed by atoms with Crippen molar-refractivity contribution in [1.82, 2.24) is 0 Å². The van der Waals surface area contributed by atoms with Gasteiger partial charge in [0, 0.05) is 0 Å². The van der Waals surface area contributed by atoms with Gasteiger partial charge in [-0.2, -0.15) is 0 Å². The van der Waals surface area contributed by atoms with Crippen molar-refractivity contribution >= 4 is 24.0 Å². The van der Waals surface area contributed by atoms with Crippen LogP contribution in [0.25, 0.3) is 5.57 Å². The summed E-state index contributed by atoms with van der Waals surface area (Å²) in [4.78, 5) is 0. The Morgan fingerprint density at radius 2 is 1.30 bits per heavy atom. The van der Waals surface area contributed by atoms with Crippen molar-refractivity contribution in [2.24, 2.45) is 0 Å². The minimum absolute atomic E-state index is 0.146. The minimum atomic E-state index is -2.17. The molecule has 1 heterocycles.